The third-order valence-corrected chi connectivity index (χ3v) is 6.33. The van der Waals surface area contributed by atoms with Gasteiger partial charge in [0.05, 0.1) is 25.7 Å². The molecule has 188 valence electrons. The third-order valence-electron chi connectivity index (χ3n) is 4.49. The Labute approximate surface area is 190 Å². The molecule has 14 heteroatoms. The van der Waals surface area contributed by atoms with E-state index in [1.807, 2.05) is 6.92 Å². The molecule has 0 unspecified atom stereocenters. The average molecular weight is 500 g/mol. The fraction of sp³-hybridized carbons (Fsp3) is 0.579. The highest BCUT2D eigenvalue weighted by Crippen LogP contribution is 2.30. The normalized spacial score (nSPS) is 14.3. The number of amides is 1. The van der Waals surface area contributed by atoms with Gasteiger partial charge in [0.15, 0.2) is 11.5 Å². The molecule has 10 nitrogen and oxygen atoms in total. The lowest BCUT2D eigenvalue weighted by Crippen LogP contribution is -2.50. The number of methoxy groups -OCH3 is 2. The van der Waals surface area contributed by atoms with Gasteiger partial charge in [-0.15, -0.1) is 0 Å². The predicted octanol–water partition coefficient (Wildman–Crippen LogP) is 1.17. The molecule has 1 aromatic rings. The maximum Gasteiger partial charge on any atom is 0.490 e. The van der Waals surface area contributed by atoms with Crippen LogP contribution in [0, 0.1) is 0 Å². The number of nitrogens with one attached hydrogen (secondary N) is 1. The zero-order valence-corrected chi connectivity index (χ0v) is 19.3. The number of benzene rings is 1. The molecule has 2 N–H and O–H groups in total. The van der Waals surface area contributed by atoms with Crippen molar-refractivity contribution in [1.82, 2.24) is 14.5 Å². The lowest BCUT2D eigenvalue weighted by Gasteiger charge is -2.30. The van der Waals surface area contributed by atoms with E-state index in [2.05, 4.69) is 5.32 Å². The van der Waals surface area contributed by atoms with Crippen LogP contribution in [0.25, 0.3) is 0 Å². The summed E-state index contributed by atoms with van der Waals surface area (Å²) < 4.78 is 69.4. The number of aliphatic carboxylic acids is 1. The number of nitrogens with zero attached hydrogens (tertiary/aromatic N) is 2. The number of sulfonamides is 1. The summed E-state index contributed by atoms with van der Waals surface area (Å²) in [6.45, 7) is 4.62. The van der Waals surface area contributed by atoms with Gasteiger partial charge in [-0.2, -0.15) is 17.5 Å². The molecule has 1 amide bonds. The van der Waals surface area contributed by atoms with Crippen LogP contribution in [0.1, 0.15) is 13.3 Å². The van der Waals surface area contributed by atoms with Crippen LogP contribution in [-0.4, -0.2) is 94.3 Å². The maximum absolute atomic E-state index is 13.1. The van der Waals surface area contributed by atoms with E-state index in [1.165, 1.54) is 30.7 Å². The summed E-state index contributed by atoms with van der Waals surface area (Å²) in [5.74, 6) is -2.15. The molecule has 33 heavy (non-hydrogen) atoms. The fourth-order valence-electron chi connectivity index (χ4n) is 2.82. The van der Waals surface area contributed by atoms with Crippen LogP contribution in [0.15, 0.2) is 23.1 Å². The van der Waals surface area contributed by atoms with Gasteiger partial charge < -0.3 is 24.8 Å². The number of hydrogen-bond acceptors (Lipinski definition) is 7. The first-order valence-electron chi connectivity index (χ1n) is 9.89. The molecule has 1 fully saturated rings. The van der Waals surface area contributed by atoms with Gasteiger partial charge >= 0.3 is 12.1 Å². The highest BCUT2D eigenvalue weighted by atomic mass is 32.2. The number of ether oxygens (including phenoxy) is 2. The first-order chi connectivity index (χ1) is 15.4. The minimum absolute atomic E-state index is 0.0803. The Bertz CT molecular complexity index is 904. The number of hydrogen-bond donors (Lipinski definition) is 2. The Morgan fingerprint density at radius 1 is 1.15 bits per heavy atom. The molecule has 1 aliphatic heterocycles. The molecule has 0 aliphatic carbocycles. The van der Waals surface area contributed by atoms with Crippen LogP contribution in [0.3, 0.4) is 0 Å². The largest absolute Gasteiger partial charge is 0.493 e. The Balaban J connectivity index is 0.000000675. The average Bonchev–Trinajstić information content (AvgIpc) is 2.78. The number of carboxylic acid groups (broad SMARTS) is 1. The molecule has 1 heterocycles. The number of carbonyl (C=O) groups excluding carboxylic acids is 1. The lowest BCUT2D eigenvalue weighted by atomic mass is 10.3. The highest BCUT2D eigenvalue weighted by molar-refractivity contribution is 7.89. The minimum Gasteiger partial charge on any atom is -0.493 e. The lowest BCUT2D eigenvalue weighted by molar-refractivity contribution is -0.192. The van der Waals surface area contributed by atoms with Crippen molar-refractivity contribution >= 4 is 21.9 Å². The van der Waals surface area contributed by atoms with Crippen molar-refractivity contribution in [2.45, 2.75) is 24.4 Å². The first-order valence-corrected chi connectivity index (χ1v) is 11.3. The summed E-state index contributed by atoms with van der Waals surface area (Å²) in [7, 11) is -0.882. The number of rotatable bonds is 8. The van der Waals surface area contributed by atoms with E-state index in [1.54, 1.807) is 11.0 Å². The van der Waals surface area contributed by atoms with E-state index >= 15 is 0 Å². The molecule has 1 aliphatic rings. The smallest absolute Gasteiger partial charge is 0.490 e. The van der Waals surface area contributed by atoms with Crippen LogP contribution in [-0.2, 0) is 19.6 Å². The quantitative estimate of drug-likeness (QED) is 0.546. The van der Waals surface area contributed by atoms with Crippen molar-refractivity contribution < 1.29 is 45.8 Å². The fourth-order valence-corrected chi connectivity index (χ4v) is 4.32. The summed E-state index contributed by atoms with van der Waals surface area (Å²) in [5.41, 5.74) is 0. The van der Waals surface area contributed by atoms with E-state index in [4.69, 9.17) is 19.4 Å². The van der Waals surface area contributed by atoms with Gasteiger partial charge in [-0.05, 0) is 18.6 Å². The number of halogens is 3. The highest BCUT2D eigenvalue weighted by Gasteiger charge is 2.38. The molecule has 1 saturated heterocycles. The van der Waals surface area contributed by atoms with Gasteiger partial charge in [0.25, 0.3) is 0 Å². The van der Waals surface area contributed by atoms with Crippen molar-refractivity contribution in [2.75, 3.05) is 53.5 Å². The minimum atomic E-state index is -5.08. The predicted molar refractivity (Wildman–Crippen MR) is 112 cm³/mol. The van der Waals surface area contributed by atoms with E-state index in [0.29, 0.717) is 31.0 Å². The number of alkyl halides is 3. The molecule has 2 rings (SSSR count). The van der Waals surface area contributed by atoms with E-state index in [0.717, 1.165) is 13.1 Å². The molecule has 0 atom stereocenters. The second-order valence-electron chi connectivity index (χ2n) is 6.79. The van der Waals surface area contributed by atoms with Gasteiger partial charge in [0, 0.05) is 38.8 Å². The second-order valence-corrected chi connectivity index (χ2v) is 8.73. The van der Waals surface area contributed by atoms with Crippen LogP contribution >= 0.6 is 0 Å². The molecule has 0 spiro atoms. The van der Waals surface area contributed by atoms with Crippen LogP contribution in [0.4, 0.5) is 13.2 Å². The summed E-state index contributed by atoms with van der Waals surface area (Å²) in [5, 5.41) is 10.3. The molecule has 0 bridgehead atoms. The molecule has 0 saturated carbocycles. The monoisotopic (exact) mass is 499 g/mol. The summed E-state index contributed by atoms with van der Waals surface area (Å²) >= 11 is 0. The molecule has 0 aromatic heterocycles. The van der Waals surface area contributed by atoms with Crippen molar-refractivity contribution in [1.29, 1.82) is 0 Å². The zero-order valence-electron chi connectivity index (χ0n) is 18.5. The second kappa shape index (κ2) is 12.6. The number of carbonyl (C=O) groups is 2. The van der Waals surface area contributed by atoms with Gasteiger partial charge in [-0.25, -0.2) is 13.2 Å². The Hall–Kier alpha value is -2.58. The van der Waals surface area contributed by atoms with Gasteiger partial charge in [-0.1, -0.05) is 6.92 Å². The van der Waals surface area contributed by atoms with Crippen molar-refractivity contribution in [3.8, 4) is 11.5 Å². The summed E-state index contributed by atoms with van der Waals surface area (Å²) in [6.07, 6.45) is -4.47. The van der Waals surface area contributed by atoms with Crippen molar-refractivity contribution in [3.63, 3.8) is 0 Å². The molecular weight excluding hydrogens is 471 g/mol. The summed E-state index contributed by atoms with van der Waals surface area (Å²) in [4.78, 5) is 23.2. The molecular formula is C19H28F3N3O7S. The van der Waals surface area contributed by atoms with Crippen LogP contribution < -0.4 is 14.8 Å². The Morgan fingerprint density at radius 3 is 2.15 bits per heavy atom. The van der Waals surface area contributed by atoms with E-state index in [9.17, 15) is 26.4 Å². The van der Waals surface area contributed by atoms with Gasteiger partial charge in [0.2, 0.25) is 15.9 Å². The SMILES string of the molecule is CCCN(CC(=O)N1CCNCC1)S(=O)(=O)c1ccc(OC)c(OC)c1.O=C(O)C(F)(F)F. The number of piperazine rings is 1. The number of carboxylic acids is 1. The van der Waals surface area contributed by atoms with Gasteiger partial charge in [0.1, 0.15) is 0 Å². The maximum atomic E-state index is 13.1. The van der Waals surface area contributed by atoms with Crippen molar-refractivity contribution in [3.05, 3.63) is 18.2 Å². The van der Waals surface area contributed by atoms with Crippen LogP contribution in [0.2, 0.25) is 0 Å². The Morgan fingerprint density at radius 2 is 1.70 bits per heavy atom. The van der Waals surface area contributed by atoms with Crippen LogP contribution in [0.5, 0.6) is 11.5 Å². The topological polar surface area (TPSA) is 125 Å². The molecule has 1 aromatic carbocycles. The molecule has 0 radical (unpaired) electrons. The van der Waals surface area contributed by atoms with Gasteiger partial charge in [-0.3, -0.25) is 4.79 Å². The van der Waals surface area contributed by atoms with E-state index in [-0.39, 0.29) is 23.9 Å². The third kappa shape index (κ3) is 8.37. The standard InChI is InChI=1S/C17H27N3O5S.C2HF3O2/c1-4-9-20(13-17(21)19-10-7-18-8-11-19)26(22,23)14-5-6-15(24-2)16(12-14)25-3;3-2(4,5)1(6)7/h5-6,12,18H,4,7-11,13H2,1-3H3;(H,6,7). The first kappa shape index (κ1) is 28.5. The zero-order chi connectivity index (χ0) is 25.2. The Kier molecular flexibility index (Phi) is 10.9. The summed E-state index contributed by atoms with van der Waals surface area (Å²) in [6, 6.07) is 4.44. The van der Waals surface area contributed by atoms with E-state index < -0.39 is 22.2 Å². The van der Waals surface area contributed by atoms with Crippen molar-refractivity contribution in [2.24, 2.45) is 0 Å².